The first kappa shape index (κ1) is 26.3. The lowest BCUT2D eigenvalue weighted by molar-refractivity contribution is -0.181. The number of carbonyl (C=O) groups is 1. The van der Waals surface area contributed by atoms with Crippen molar-refractivity contribution in [1.82, 2.24) is 20.4 Å². The number of guanidine groups is 1. The van der Waals surface area contributed by atoms with Crippen molar-refractivity contribution >= 4 is 35.8 Å². The molecule has 10 heteroatoms. The molecule has 0 bridgehead atoms. The van der Waals surface area contributed by atoms with Crippen LogP contribution in [0.2, 0.25) is 0 Å². The van der Waals surface area contributed by atoms with Gasteiger partial charge >= 0.3 is 6.18 Å². The molecule has 2 N–H and O–H groups in total. The highest BCUT2D eigenvalue weighted by Crippen LogP contribution is 2.25. The Labute approximate surface area is 189 Å². The molecule has 170 valence electrons. The lowest BCUT2D eigenvalue weighted by Crippen LogP contribution is -2.56. The van der Waals surface area contributed by atoms with E-state index in [0.717, 1.165) is 12.8 Å². The third kappa shape index (κ3) is 8.85. The molecule has 1 saturated heterocycles. The number of hydrogen-bond acceptors (Lipinski definition) is 3. The maximum absolute atomic E-state index is 12.9. The molecule has 1 heterocycles. The topological polar surface area (TPSA) is 60.0 Å². The third-order valence-electron chi connectivity index (χ3n) is 5.54. The minimum absolute atomic E-state index is 0. The summed E-state index contributed by atoms with van der Waals surface area (Å²) in [5.74, 6) is 0.697. The molecule has 1 atom stereocenters. The van der Waals surface area contributed by atoms with Crippen LogP contribution >= 0.6 is 24.0 Å². The Hall–Kier alpha value is -0.780. The van der Waals surface area contributed by atoms with Crippen LogP contribution in [0.1, 0.15) is 52.4 Å². The minimum atomic E-state index is -4.20. The predicted octanol–water partition coefficient (Wildman–Crippen LogP) is 2.98. The van der Waals surface area contributed by atoms with E-state index >= 15 is 0 Å². The second kappa shape index (κ2) is 12.8. The van der Waals surface area contributed by atoms with Crippen LogP contribution in [-0.4, -0.2) is 79.2 Å². The van der Waals surface area contributed by atoms with E-state index in [1.54, 1.807) is 0 Å². The van der Waals surface area contributed by atoms with Crippen molar-refractivity contribution in [3.63, 3.8) is 0 Å². The van der Waals surface area contributed by atoms with Crippen molar-refractivity contribution in [2.45, 2.75) is 70.6 Å². The standard InChI is InChI=1S/C19H34F3N5O.HI/c1-3-23-18(24-10-9-17(28)25-16-7-5-4-6-8-16)27-13-11-26(12-14-27)15(2)19(20,21)22;/h15-16H,3-14H2,1-2H3,(H,23,24)(H,25,28);1H. The Morgan fingerprint density at radius 1 is 1.14 bits per heavy atom. The van der Waals surface area contributed by atoms with Gasteiger partial charge in [0.1, 0.15) is 6.04 Å². The molecule has 0 aromatic rings. The fraction of sp³-hybridized carbons (Fsp3) is 0.895. The quantitative estimate of drug-likeness (QED) is 0.313. The van der Waals surface area contributed by atoms with E-state index in [9.17, 15) is 18.0 Å². The number of halogens is 4. The smallest absolute Gasteiger partial charge is 0.357 e. The third-order valence-corrected chi connectivity index (χ3v) is 5.54. The summed E-state index contributed by atoms with van der Waals surface area (Å²) < 4.78 is 38.7. The Kier molecular flexibility index (Phi) is 11.6. The zero-order valence-corrected chi connectivity index (χ0v) is 19.8. The Balaban J connectivity index is 0.00000420. The SMILES string of the molecule is CCNC(=NCCC(=O)NC1CCCCC1)N1CCN(C(C)C(F)(F)F)CC1.I. The molecule has 2 rings (SSSR count). The van der Waals surface area contributed by atoms with E-state index < -0.39 is 12.2 Å². The predicted molar refractivity (Wildman–Crippen MR) is 120 cm³/mol. The van der Waals surface area contributed by atoms with Crippen molar-refractivity contribution < 1.29 is 18.0 Å². The summed E-state index contributed by atoms with van der Waals surface area (Å²) in [7, 11) is 0. The molecule has 2 aliphatic rings. The fourth-order valence-corrected chi connectivity index (χ4v) is 3.76. The van der Waals surface area contributed by atoms with Crippen LogP contribution in [0.5, 0.6) is 0 Å². The minimum Gasteiger partial charge on any atom is -0.357 e. The molecule has 29 heavy (non-hydrogen) atoms. The largest absolute Gasteiger partial charge is 0.403 e. The van der Waals surface area contributed by atoms with Gasteiger partial charge in [0.25, 0.3) is 0 Å². The fourth-order valence-electron chi connectivity index (χ4n) is 3.76. The molecule has 0 radical (unpaired) electrons. The highest BCUT2D eigenvalue weighted by atomic mass is 127. The lowest BCUT2D eigenvalue weighted by Gasteiger charge is -2.39. The van der Waals surface area contributed by atoms with Crippen LogP contribution in [0, 0.1) is 0 Å². The van der Waals surface area contributed by atoms with Gasteiger partial charge in [-0.3, -0.25) is 14.7 Å². The van der Waals surface area contributed by atoms with Gasteiger partial charge in [-0.2, -0.15) is 13.2 Å². The molecule has 6 nitrogen and oxygen atoms in total. The second-order valence-corrected chi connectivity index (χ2v) is 7.63. The molecule has 1 aliphatic heterocycles. The first-order chi connectivity index (χ1) is 13.3. The molecular weight excluding hydrogens is 498 g/mol. The molecule has 1 unspecified atom stereocenters. The summed E-state index contributed by atoms with van der Waals surface area (Å²) in [5.41, 5.74) is 0. The van der Waals surface area contributed by atoms with Crippen LogP contribution in [0.15, 0.2) is 4.99 Å². The maximum atomic E-state index is 12.9. The molecule has 0 aromatic heterocycles. The van der Waals surface area contributed by atoms with E-state index in [-0.39, 0.29) is 29.9 Å². The van der Waals surface area contributed by atoms with E-state index in [1.807, 2.05) is 11.8 Å². The van der Waals surface area contributed by atoms with Crippen LogP contribution in [0.4, 0.5) is 13.2 Å². The van der Waals surface area contributed by atoms with Crippen molar-refractivity contribution in [2.24, 2.45) is 4.99 Å². The highest BCUT2D eigenvalue weighted by molar-refractivity contribution is 14.0. The average molecular weight is 533 g/mol. The summed E-state index contributed by atoms with van der Waals surface area (Å²) in [6.45, 7) is 5.86. The first-order valence-electron chi connectivity index (χ1n) is 10.4. The number of hydrogen-bond donors (Lipinski definition) is 2. The summed E-state index contributed by atoms with van der Waals surface area (Å²) in [6.07, 6.45) is 1.83. The van der Waals surface area contributed by atoms with Crippen molar-refractivity contribution in [1.29, 1.82) is 0 Å². The summed E-state index contributed by atoms with van der Waals surface area (Å²) in [4.78, 5) is 20.1. The zero-order valence-electron chi connectivity index (χ0n) is 17.4. The summed E-state index contributed by atoms with van der Waals surface area (Å²) in [6, 6.07) is -1.14. The molecule has 0 aromatic carbocycles. The van der Waals surface area contributed by atoms with Crippen LogP contribution < -0.4 is 10.6 Å². The zero-order chi connectivity index (χ0) is 20.6. The van der Waals surface area contributed by atoms with Crippen LogP contribution in [0.3, 0.4) is 0 Å². The molecule has 2 fully saturated rings. The van der Waals surface area contributed by atoms with Crippen molar-refractivity contribution in [2.75, 3.05) is 39.3 Å². The lowest BCUT2D eigenvalue weighted by atomic mass is 9.95. The van der Waals surface area contributed by atoms with Gasteiger partial charge in [0, 0.05) is 45.2 Å². The number of carbonyl (C=O) groups excluding carboxylic acids is 1. The van der Waals surface area contributed by atoms with Gasteiger partial charge < -0.3 is 15.5 Å². The van der Waals surface area contributed by atoms with Gasteiger partial charge in [0.05, 0.1) is 6.54 Å². The first-order valence-corrected chi connectivity index (χ1v) is 10.4. The van der Waals surface area contributed by atoms with Gasteiger partial charge in [0.2, 0.25) is 5.91 Å². The number of piperazine rings is 1. The average Bonchev–Trinajstić information content (AvgIpc) is 2.67. The van der Waals surface area contributed by atoms with Gasteiger partial charge in [0.15, 0.2) is 5.96 Å². The van der Waals surface area contributed by atoms with Crippen LogP contribution in [0.25, 0.3) is 0 Å². The Morgan fingerprint density at radius 3 is 2.31 bits per heavy atom. The molecule has 1 amide bonds. The number of rotatable bonds is 6. The molecule has 1 aliphatic carbocycles. The van der Waals surface area contributed by atoms with E-state index in [4.69, 9.17) is 0 Å². The van der Waals surface area contributed by atoms with Gasteiger partial charge in [-0.15, -0.1) is 24.0 Å². The summed E-state index contributed by atoms with van der Waals surface area (Å²) in [5, 5.41) is 6.27. The number of nitrogens with one attached hydrogen (secondary N) is 2. The number of aliphatic imine (C=N–C) groups is 1. The van der Waals surface area contributed by atoms with Crippen LogP contribution in [-0.2, 0) is 4.79 Å². The van der Waals surface area contributed by atoms with E-state index in [1.165, 1.54) is 31.1 Å². The Bertz CT molecular complexity index is 518. The van der Waals surface area contributed by atoms with Crippen molar-refractivity contribution in [3.05, 3.63) is 0 Å². The number of nitrogens with zero attached hydrogens (tertiary/aromatic N) is 3. The molecule has 1 saturated carbocycles. The molecular formula is C19H35F3IN5O. The maximum Gasteiger partial charge on any atom is 0.403 e. The highest BCUT2D eigenvalue weighted by Gasteiger charge is 2.41. The molecule has 0 spiro atoms. The van der Waals surface area contributed by atoms with Crippen molar-refractivity contribution in [3.8, 4) is 0 Å². The van der Waals surface area contributed by atoms with E-state index in [2.05, 4.69) is 15.6 Å². The number of alkyl halides is 3. The van der Waals surface area contributed by atoms with E-state index in [0.29, 0.717) is 57.7 Å². The summed E-state index contributed by atoms with van der Waals surface area (Å²) >= 11 is 0. The second-order valence-electron chi connectivity index (χ2n) is 7.63. The van der Waals surface area contributed by atoms with Gasteiger partial charge in [-0.25, -0.2) is 0 Å². The van der Waals surface area contributed by atoms with Gasteiger partial charge in [-0.05, 0) is 26.7 Å². The van der Waals surface area contributed by atoms with Gasteiger partial charge in [-0.1, -0.05) is 19.3 Å². The Morgan fingerprint density at radius 2 is 1.76 bits per heavy atom. The monoisotopic (exact) mass is 533 g/mol. The number of amides is 1. The normalized spacial score (nSPS) is 20.7.